The molecule has 0 aliphatic rings. The van der Waals surface area contributed by atoms with Gasteiger partial charge in [0, 0.05) is 29.8 Å². The van der Waals surface area contributed by atoms with Gasteiger partial charge >= 0.3 is 11.9 Å². The Hall–Kier alpha value is -6.87. The summed E-state index contributed by atoms with van der Waals surface area (Å²) in [6.45, 7) is 0.197. The summed E-state index contributed by atoms with van der Waals surface area (Å²) >= 11 is 1.43. The van der Waals surface area contributed by atoms with Gasteiger partial charge in [0.1, 0.15) is 11.8 Å². The Labute approximate surface area is 331 Å². The molecule has 7 N–H and O–H groups in total. The number of hydrogen-bond acceptors (Lipinski definition) is 11. The van der Waals surface area contributed by atoms with E-state index in [0.717, 1.165) is 16.7 Å². The number of thioether (sulfide) groups is 1. The van der Waals surface area contributed by atoms with E-state index in [1.54, 1.807) is 12.1 Å². The number of anilines is 2. The third kappa shape index (κ3) is 9.69. The highest BCUT2D eigenvalue weighted by Crippen LogP contribution is 2.49. The van der Waals surface area contributed by atoms with Crippen LogP contribution in [0, 0.1) is 5.92 Å². The van der Waals surface area contributed by atoms with Gasteiger partial charge in [0.2, 0.25) is 5.95 Å². The van der Waals surface area contributed by atoms with E-state index in [9.17, 15) is 34.2 Å². The Balaban J connectivity index is 1.06. The number of rotatable bonds is 18. The molecular weight excluding hydrogens is 747 g/mol. The summed E-state index contributed by atoms with van der Waals surface area (Å²) in [5.41, 5.74) is 9.29. The van der Waals surface area contributed by atoms with E-state index in [4.69, 9.17) is 5.73 Å². The molecule has 0 fully saturated rings. The van der Waals surface area contributed by atoms with Crippen molar-refractivity contribution in [3.8, 4) is 0 Å². The van der Waals surface area contributed by atoms with Crippen LogP contribution < -0.4 is 21.9 Å². The number of carboxylic acid groups (broad SMARTS) is 2. The zero-order chi connectivity index (χ0) is 40.4. The number of aromatic nitrogens is 4. The Kier molecular flexibility index (Phi) is 12.7. The SMILES string of the molecule is Nc1nc2ncc(CNc3ccc(C(=O)N[C@@H](CCC(=O)C[C@@H](CSC(c4ccccc4)(c4ccccc4)c4ccccc4)C(=O)O)C(=O)O)cc3)nc2c(=O)[nH]1. The largest absolute Gasteiger partial charge is 0.481 e. The van der Waals surface area contributed by atoms with Crippen LogP contribution in [-0.2, 0) is 25.7 Å². The zero-order valence-electron chi connectivity index (χ0n) is 30.5. The fourth-order valence-corrected chi connectivity index (χ4v) is 8.00. The van der Waals surface area contributed by atoms with E-state index in [2.05, 4.69) is 30.6 Å². The second-order valence-electron chi connectivity index (χ2n) is 13.2. The number of nitrogen functional groups attached to an aromatic ring is 1. The van der Waals surface area contributed by atoms with Gasteiger partial charge in [-0.15, -0.1) is 11.8 Å². The minimum atomic E-state index is -1.39. The summed E-state index contributed by atoms with van der Waals surface area (Å²) in [5.74, 6) is -4.59. The van der Waals surface area contributed by atoms with Gasteiger partial charge in [0.15, 0.2) is 11.2 Å². The predicted octanol–water partition coefficient (Wildman–Crippen LogP) is 5.26. The lowest BCUT2D eigenvalue weighted by molar-refractivity contribution is -0.143. The molecule has 6 aromatic rings. The van der Waals surface area contributed by atoms with Crippen LogP contribution in [0.2, 0.25) is 0 Å². The van der Waals surface area contributed by atoms with E-state index < -0.39 is 45.9 Å². The number of aliphatic carboxylic acids is 2. The molecule has 0 unspecified atom stereocenters. The van der Waals surface area contributed by atoms with Crippen LogP contribution in [0.5, 0.6) is 0 Å². The highest BCUT2D eigenvalue weighted by Gasteiger charge is 2.38. The van der Waals surface area contributed by atoms with Crippen LogP contribution in [0.4, 0.5) is 11.6 Å². The standard InChI is InChI=1S/C42H39N7O7S/c43-41-48-36-35(38(52)49-41)46-32(24-45-36)23-44-31-18-16-26(17-19-31)37(51)47-34(40(55)56)21-20-33(50)22-27(39(53)54)25-57-42(28-10-4-1-5-11-28,29-12-6-2-7-13-29)30-14-8-3-9-15-30/h1-19,24,27,34,44H,20-23,25H2,(H,47,51)(H,53,54)(H,55,56)(H3,43,45,48,49,52)/t27-,34-/m0/s1. The molecule has 0 radical (unpaired) electrons. The van der Waals surface area contributed by atoms with Gasteiger partial charge in [-0.2, -0.15) is 4.98 Å². The maximum atomic E-state index is 13.3. The molecule has 1 amide bonds. The van der Waals surface area contributed by atoms with Gasteiger partial charge in [-0.1, -0.05) is 91.0 Å². The van der Waals surface area contributed by atoms with Crippen molar-refractivity contribution in [3.63, 3.8) is 0 Å². The van der Waals surface area contributed by atoms with Crippen LogP contribution in [0.1, 0.15) is 52.0 Å². The number of aromatic amines is 1. The minimum Gasteiger partial charge on any atom is -0.481 e. The molecule has 0 aliphatic heterocycles. The molecule has 2 heterocycles. The first-order valence-electron chi connectivity index (χ1n) is 18.0. The number of Topliss-reactive ketones (excluding diaryl/α,β-unsaturated/α-hetero) is 1. The molecule has 57 heavy (non-hydrogen) atoms. The molecule has 290 valence electrons. The number of carboxylic acids is 2. The summed E-state index contributed by atoms with van der Waals surface area (Å²) in [5, 5.41) is 25.7. The van der Waals surface area contributed by atoms with Gasteiger partial charge in [0.25, 0.3) is 11.5 Å². The summed E-state index contributed by atoms with van der Waals surface area (Å²) in [4.78, 5) is 77.9. The number of H-pyrrole nitrogens is 1. The number of amides is 1. The second-order valence-corrected chi connectivity index (χ2v) is 14.4. The van der Waals surface area contributed by atoms with Crippen molar-refractivity contribution in [2.24, 2.45) is 5.92 Å². The van der Waals surface area contributed by atoms with Crippen molar-refractivity contribution in [2.75, 3.05) is 16.8 Å². The predicted molar refractivity (Wildman–Crippen MR) is 217 cm³/mol. The fourth-order valence-electron chi connectivity index (χ4n) is 6.38. The Morgan fingerprint density at radius 1 is 0.789 bits per heavy atom. The lowest BCUT2D eigenvalue weighted by Crippen LogP contribution is -2.41. The second kappa shape index (κ2) is 18.2. The molecule has 6 rings (SSSR count). The molecule has 2 atom stereocenters. The van der Waals surface area contributed by atoms with Crippen LogP contribution in [-0.4, -0.2) is 65.6 Å². The first-order valence-corrected chi connectivity index (χ1v) is 19.0. The van der Waals surface area contributed by atoms with E-state index in [-0.39, 0.29) is 54.2 Å². The van der Waals surface area contributed by atoms with Gasteiger partial charge in [-0.05, 0) is 47.4 Å². The number of carbonyl (C=O) groups is 4. The first kappa shape index (κ1) is 39.8. The Morgan fingerprint density at radius 2 is 1.37 bits per heavy atom. The molecule has 4 aromatic carbocycles. The monoisotopic (exact) mass is 785 g/mol. The van der Waals surface area contributed by atoms with Gasteiger partial charge in [0.05, 0.1) is 29.1 Å². The van der Waals surface area contributed by atoms with Crippen LogP contribution in [0.3, 0.4) is 0 Å². The van der Waals surface area contributed by atoms with Crippen molar-refractivity contribution in [1.82, 2.24) is 25.3 Å². The van der Waals surface area contributed by atoms with Gasteiger partial charge in [-0.3, -0.25) is 24.2 Å². The van der Waals surface area contributed by atoms with E-state index >= 15 is 0 Å². The van der Waals surface area contributed by atoms with Crippen molar-refractivity contribution < 1.29 is 29.4 Å². The van der Waals surface area contributed by atoms with Crippen molar-refractivity contribution >= 4 is 58.2 Å². The lowest BCUT2D eigenvalue weighted by Gasteiger charge is -2.36. The number of nitrogens with two attached hydrogens (primary N) is 1. The molecule has 0 bridgehead atoms. The van der Waals surface area contributed by atoms with E-state index in [1.165, 1.54) is 30.1 Å². The summed E-state index contributed by atoms with van der Waals surface area (Å²) in [6.07, 6.45) is 0.675. The number of nitrogens with one attached hydrogen (secondary N) is 3. The fraction of sp³-hybridized carbons (Fsp3) is 0.190. The Bertz CT molecular complexity index is 2320. The van der Waals surface area contributed by atoms with Crippen molar-refractivity contribution in [3.05, 3.63) is 160 Å². The molecular formula is C42H39N7O7S. The average Bonchev–Trinajstić information content (AvgIpc) is 3.22. The van der Waals surface area contributed by atoms with Crippen molar-refractivity contribution in [2.45, 2.75) is 36.6 Å². The topological polar surface area (TPSA) is 230 Å². The van der Waals surface area contributed by atoms with E-state index in [1.807, 2.05) is 91.0 Å². The smallest absolute Gasteiger partial charge is 0.326 e. The highest BCUT2D eigenvalue weighted by molar-refractivity contribution is 8.00. The molecule has 0 saturated carbocycles. The van der Waals surface area contributed by atoms with Gasteiger partial charge < -0.3 is 26.6 Å². The maximum Gasteiger partial charge on any atom is 0.326 e. The molecule has 15 heteroatoms. The number of nitrogens with zero attached hydrogens (tertiary/aromatic N) is 3. The van der Waals surface area contributed by atoms with Crippen LogP contribution in [0.15, 0.2) is 126 Å². The Morgan fingerprint density at radius 3 is 1.91 bits per heavy atom. The number of ketones is 1. The highest BCUT2D eigenvalue weighted by atomic mass is 32.2. The maximum absolute atomic E-state index is 13.3. The van der Waals surface area contributed by atoms with E-state index in [0.29, 0.717) is 11.4 Å². The minimum absolute atomic E-state index is 0.0403. The molecule has 14 nitrogen and oxygen atoms in total. The lowest BCUT2D eigenvalue weighted by atomic mass is 9.84. The number of fused-ring (bicyclic) bond motifs is 1. The van der Waals surface area contributed by atoms with Crippen LogP contribution in [0.25, 0.3) is 11.2 Å². The third-order valence-electron chi connectivity index (χ3n) is 9.29. The summed E-state index contributed by atoms with van der Waals surface area (Å²) in [7, 11) is 0. The average molecular weight is 786 g/mol. The quantitative estimate of drug-likeness (QED) is 0.0612. The normalized spacial score (nSPS) is 12.4. The zero-order valence-corrected chi connectivity index (χ0v) is 31.3. The third-order valence-corrected chi connectivity index (χ3v) is 11.0. The first-order chi connectivity index (χ1) is 27.5. The summed E-state index contributed by atoms with van der Waals surface area (Å²) in [6, 6.07) is 34.2. The molecule has 0 saturated heterocycles. The number of carbonyl (C=O) groups excluding carboxylic acids is 2. The molecule has 2 aromatic heterocycles. The summed E-state index contributed by atoms with van der Waals surface area (Å²) < 4.78 is -0.783. The van der Waals surface area contributed by atoms with Crippen molar-refractivity contribution in [1.29, 1.82) is 0 Å². The van der Waals surface area contributed by atoms with Gasteiger partial charge in [-0.25, -0.2) is 14.8 Å². The van der Waals surface area contributed by atoms with Crippen LogP contribution >= 0.6 is 11.8 Å². The number of hydrogen-bond donors (Lipinski definition) is 6. The number of benzene rings is 4. The molecule has 0 aliphatic carbocycles. The molecule has 0 spiro atoms.